The van der Waals surface area contributed by atoms with Crippen molar-refractivity contribution in [1.82, 2.24) is 0 Å². The van der Waals surface area contributed by atoms with Crippen molar-refractivity contribution in [2.75, 3.05) is 7.11 Å². The Balaban J connectivity index is 2.67. The van der Waals surface area contributed by atoms with Crippen LogP contribution in [0.1, 0.15) is 11.1 Å². The number of rotatable bonds is 2. The van der Waals surface area contributed by atoms with E-state index in [0.29, 0.717) is 22.3 Å². The number of ether oxygens (including phenoxy) is 1. The van der Waals surface area contributed by atoms with Gasteiger partial charge in [0.05, 0.1) is 7.11 Å². The molecule has 0 saturated carbocycles. The fourth-order valence-corrected chi connectivity index (χ4v) is 2.05. The molecule has 0 aliphatic carbocycles. The summed E-state index contributed by atoms with van der Waals surface area (Å²) in [5, 5.41) is 0. The number of benzene rings is 2. The molecule has 2 rings (SSSR count). The molecule has 0 unspecified atom stereocenters. The Hall–Kier alpha value is -1.84. The van der Waals surface area contributed by atoms with Gasteiger partial charge >= 0.3 is 0 Å². The van der Waals surface area contributed by atoms with E-state index in [1.807, 2.05) is 0 Å². The van der Waals surface area contributed by atoms with Gasteiger partial charge < -0.3 is 4.74 Å². The maximum atomic E-state index is 14.0. The molecule has 0 heterocycles. The van der Waals surface area contributed by atoms with E-state index >= 15 is 0 Å². The monoisotopic (exact) mass is 258 g/mol. The van der Waals surface area contributed by atoms with Gasteiger partial charge in [-0.15, -0.1) is 0 Å². The van der Waals surface area contributed by atoms with Crippen LogP contribution in [0.5, 0.6) is 5.75 Å². The molecule has 19 heavy (non-hydrogen) atoms. The first-order chi connectivity index (χ1) is 8.97. The summed E-state index contributed by atoms with van der Waals surface area (Å²) in [4.78, 5) is 0. The first-order valence-electron chi connectivity index (χ1n) is 5.85. The molecule has 0 bridgehead atoms. The van der Waals surface area contributed by atoms with E-state index in [1.54, 1.807) is 32.0 Å². The van der Waals surface area contributed by atoms with Gasteiger partial charge in [0.1, 0.15) is 13.7 Å². The Morgan fingerprint density at radius 1 is 0.947 bits per heavy atom. The summed E-state index contributed by atoms with van der Waals surface area (Å²) >= 11 is 0. The molecule has 2 radical (unpaired) electrons. The van der Waals surface area contributed by atoms with E-state index in [9.17, 15) is 8.78 Å². The van der Waals surface area contributed by atoms with Gasteiger partial charge in [-0.3, -0.25) is 0 Å². The molecule has 1 nitrogen and oxygen atoms in total. The zero-order valence-corrected chi connectivity index (χ0v) is 11.1. The minimum atomic E-state index is -0.465. The highest BCUT2D eigenvalue weighted by Crippen LogP contribution is 2.30. The lowest BCUT2D eigenvalue weighted by Gasteiger charge is -2.14. The van der Waals surface area contributed by atoms with Crippen LogP contribution in [0.15, 0.2) is 24.3 Å². The van der Waals surface area contributed by atoms with Gasteiger partial charge in [-0.25, -0.2) is 8.78 Å². The van der Waals surface area contributed by atoms with Crippen molar-refractivity contribution in [3.05, 3.63) is 47.0 Å². The van der Waals surface area contributed by atoms with Crippen LogP contribution < -0.4 is 10.2 Å². The second-order valence-electron chi connectivity index (χ2n) is 4.41. The first kappa shape index (κ1) is 13.6. The summed E-state index contributed by atoms with van der Waals surface area (Å²) < 4.78 is 32.7. The van der Waals surface area contributed by atoms with E-state index in [4.69, 9.17) is 12.6 Å². The summed E-state index contributed by atoms with van der Waals surface area (Å²) in [6, 6.07) is 6.51. The quantitative estimate of drug-likeness (QED) is 0.752. The van der Waals surface area contributed by atoms with E-state index in [0.717, 1.165) is 0 Å². The summed E-state index contributed by atoms with van der Waals surface area (Å²) in [5.41, 5.74) is 1.94. The molecule has 0 N–H and O–H groups in total. The topological polar surface area (TPSA) is 9.23 Å². The molecule has 2 aromatic rings. The lowest BCUT2D eigenvalue weighted by Crippen LogP contribution is -2.14. The number of methoxy groups -OCH3 is 1. The minimum Gasteiger partial charge on any atom is -0.494 e. The molecular formula is C15H13BF2O. The van der Waals surface area contributed by atoms with Crippen LogP contribution in [0.4, 0.5) is 8.78 Å². The predicted molar refractivity (Wildman–Crippen MR) is 73.2 cm³/mol. The van der Waals surface area contributed by atoms with E-state index < -0.39 is 11.6 Å². The fourth-order valence-electron chi connectivity index (χ4n) is 2.05. The number of halogens is 2. The molecule has 4 heteroatoms. The van der Waals surface area contributed by atoms with Gasteiger partial charge in [-0.05, 0) is 42.2 Å². The van der Waals surface area contributed by atoms with E-state index in [1.165, 1.54) is 13.2 Å². The second-order valence-corrected chi connectivity index (χ2v) is 4.41. The SMILES string of the molecule is [B]c1c(-c2ccc(OC)c(F)c2C)ccc(C)c1F. The van der Waals surface area contributed by atoms with Crippen molar-refractivity contribution in [1.29, 1.82) is 0 Å². The first-order valence-corrected chi connectivity index (χ1v) is 5.85. The lowest BCUT2D eigenvalue weighted by molar-refractivity contribution is 0.385. The molecular weight excluding hydrogens is 245 g/mol. The Labute approximate surface area is 112 Å². The normalized spacial score (nSPS) is 10.6. The average Bonchev–Trinajstić information content (AvgIpc) is 2.40. The van der Waals surface area contributed by atoms with Crippen LogP contribution in [0.25, 0.3) is 11.1 Å². The third-order valence-electron chi connectivity index (χ3n) is 3.23. The summed E-state index contributed by atoms with van der Waals surface area (Å²) in [6.45, 7) is 3.25. The van der Waals surface area contributed by atoms with Gasteiger partial charge in [0.2, 0.25) is 0 Å². The van der Waals surface area contributed by atoms with Crippen LogP contribution in [-0.4, -0.2) is 15.0 Å². The highest BCUT2D eigenvalue weighted by molar-refractivity contribution is 6.36. The lowest BCUT2D eigenvalue weighted by atomic mass is 9.84. The highest BCUT2D eigenvalue weighted by Gasteiger charge is 2.14. The maximum Gasteiger partial charge on any atom is 0.168 e. The summed E-state index contributed by atoms with van der Waals surface area (Å²) in [6.07, 6.45) is 0. The fraction of sp³-hybridized carbons (Fsp3) is 0.200. The summed E-state index contributed by atoms with van der Waals surface area (Å²) in [7, 11) is 7.18. The second kappa shape index (κ2) is 5.04. The largest absolute Gasteiger partial charge is 0.494 e. The Morgan fingerprint density at radius 2 is 1.58 bits per heavy atom. The van der Waals surface area contributed by atoms with Crippen molar-refractivity contribution in [2.45, 2.75) is 13.8 Å². The molecule has 0 aliphatic heterocycles. The summed E-state index contributed by atoms with van der Waals surface area (Å²) in [5.74, 6) is -0.763. The molecule has 2 aromatic carbocycles. The molecule has 96 valence electrons. The molecule has 0 fully saturated rings. The number of hydrogen-bond donors (Lipinski definition) is 0. The third kappa shape index (κ3) is 2.23. The molecule has 0 saturated heterocycles. The van der Waals surface area contributed by atoms with Crippen LogP contribution in [0.3, 0.4) is 0 Å². The molecule has 0 spiro atoms. The van der Waals surface area contributed by atoms with Crippen LogP contribution in [0, 0.1) is 25.5 Å². The Kier molecular flexibility index (Phi) is 3.60. The van der Waals surface area contributed by atoms with Crippen molar-refractivity contribution in [3.8, 4) is 16.9 Å². The van der Waals surface area contributed by atoms with Crippen molar-refractivity contribution >= 4 is 13.3 Å². The molecule has 0 amide bonds. The standard InChI is InChI=1S/C15H13BF2O/c1-8-4-5-11(13(16)14(8)17)10-6-7-12(19-3)15(18)9(10)2/h4-7H,1-3H3. The van der Waals surface area contributed by atoms with Gasteiger partial charge in [0.15, 0.2) is 11.6 Å². The highest BCUT2D eigenvalue weighted by atomic mass is 19.1. The minimum absolute atomic E-state index is 0.0349. The average molecular weight is 258 g/mol. The third-order valence-corrected chi connectivity index (χ3v) is 3.23. The smallest absolute Gasteiger partial charge is 0.168 e. The van der Waals surface area contributed by atoms with Crippen LogP contribution >= 0.6 is 0 Å². The number of hydrogen-bond acceptors (Lipinski definition) is 1. The molecule has 0 aromatic heterocycles. The van der Waals surface area contributed by atoms with E-state index in [-0.39, 0.29) is 11.2 Å². The van der Waals surface area contributed by atoms with Gasteiger partial charge in [-0.2, -0.15) is 0 Å². The van der Waals surface area contributed by atoms with Crippen molar-refractivity contribution in [2.24, 2.45) is 0 Å². The maximum absolute atomic E-state index is 14.0. The zero-order valence-electron chi connectivity index (χ0n) is 11.1. The number of aryl methyl sites for hydroxylation is 1. The Morgan fingerprint density at radius 3 is 2.21 bits per heavy atom. The van der Waals surface area contributed by atoms with Gasteiger partial charge in [-0.1, -0.05) is 23.7 Å². The van der Waals surface area contributed by atoms with Gasteiger partial charge in [0.25, 0.3) is 0 Å². The van der Waals surface area contributed by atoms with E-state index in [2.05, 4.69) is 0 Å². The predicted octanol–water partition coefficient (Wildman–Crippen LogP) is 3.05. The van der Waals surface area contributed by atoms with Gasteiger partial charge in [0, 0.05) is 0 Å². The molecule has 0 atom stereocenters. The Bertz CT molecular complexity index is 639. The van der Waals surface area contributed by atoms with Crippen LogP contribution in [-0.2, 0) is 0 Å². The van der Waals surface area contributed by atoms with Crippen LogP contribution in [0.2, 0.25) is 0 Å². The van der Waals surface area contributed by atoms with Crippen molar-refractivity contribution in [3.63, 3.8) is 0 Å². The zero-order chi connectivity index (χ0) is 14.2. The van der Waals surface area contributed by atoms with Crippen molar-refractivity contribution < 1.29 is 13.5 Å². The molecule has 0 aliphatic rings.